The largest absolute Gasteiger partial charge is 0.487 e. The van der Waals surface area contributed by atoms with Crippen LogP contribution in [0.25, 0.3) is 0 Å². The lowest BCUT2D eigenvalue weighted by Gasteiger charge is -2.17. The van der Waals surface area contributed by atoms with Crippen molar-refractivity contribution < 1.29 is 4.74 Å². The molecule has 0 radical (unpaired) electrons. The standard InChI is InChI=1S/C14H21N3O/c1-11(2)18-13-4-3-7-16-14(13)17-10-12-5-8-15-9-6-12/h3-5,7,11,15H,6,8-10H2,1-2H3,(H,16,17). The first-order valence-corrected chi connectivity index (χ1v) is 6.50. The van der Waals surface area contributed by atoms with Crippen molar-refractivity contribution >= 4 is 5.82 Å². The molecule has 0 unspecified atom stereocenters. The molecule has 2 rings (SSSR count). The van der Waals surface area contributed by atoms with E-state index in [1.165, 1.54) is 5.57 Å². The molecular formula is C14H21N3O. The summed E-state index contributed by atoms with van der Waals surface area (Å²) in [5.41, 5.74) is 1.43. The summed E-state index contributed by atoms with van der Waals surface area (Å²) in [6.07, 6.45) is 5.28. The van der Waals surface area contributed by atoms with Gasteiger partial charge in [0.2, 0.25) is 0 Å². The van der Waals surface area contributed by atoms with Gasteiger partial charge in [-0.05, 0) is 38.9 Å². The van der Waals surface area contributed by atoms with E-state index in [0.29, 0.717) is 0 Å². The minimum absolute atomic E-state index is 0.160. The second-order valence-electron chi connectivity index (χ2n) is 4.69. The van der Waals surface area contributed by atoms with Gasteiger partial charge in [-0.1, -0.05) is 11.6 Å². The van der Waals surface area contributed by atoms with Crippen molar-refractivity contribution in [1.82, 2.24) is 10.3 Å². The Hall–Kier alpha value is -1.55. The van der Waals surface area contributed by atoms with Crippen molar-refractivity contribution in [2.45, 2.75) is 26.4 Å². The Kier molecular flexibility index (Phi) is 4.59. The highest BCUT2D eigenvalue weighted by atomic mass is 16.5. The Morgan fingerprint density at radius 2 is 2.39 bits per heavy atom. The smallest absolute Gasteiger partial charge is 0.169 e. The number of hydrogen-bond acceptors (Lipinski definition) is 4. The van der Waals surface area contributed by atoms with Crippen molar-refractivity contribution in [3.63, 3.8) is 0 Å². The number of rotatable bonds is 5. The first kappa shape index (κ1) is 12.9. The van der Waals surface area contributed by atoms with Gasteiger partial charge in [0.15, 0.2) is 11.6 Å². The lowest BCUT2D eigenvalue weighted by Crippen LogP contribution is -2.23. The zero-order chi connectivity index (χ0) is 12.8. The fourth-order valence-corrected chi connectivity index (χ4v) is 1.90. The normalized spacial score (nSPS) is 15.4. The van der Waals surface area contributed by atoms with Crippen molar-refractivity contribution in [2.75, 3.05) is 25.0 Å². The lowest BCUT2D eigenvalue weighted by molar-refractivity contribution is 0.243. The number of aromatic nitrogens is 1. The fourth-order valence-electron chi connectivity index (χ4n) is 1.90. The van der Waals surface area contributed by atoms with E-state index in [-0.39, 0.29) is 6.10 Å². The number of ether oxygens (including phenoxy) is 1. The van der Waals surface area contributed by atoms with Crippen LogP contribution in [0, 0.1) is 0 Å². The van der Waals surface area contributed by atoms with E-state index in [9.17, 15) is 0 Å². The maximum Gasteiger partial charge on any atom is 0.169 e. The Morgan fingerprint density at radius 3 is 3.11 bits per heavy atom. The highest BCUT2D eigenvalue weighted by molar-refractivity contribution is 5.50. The second kappa shape index (κ2) is 6.40. The summed E-state index contributed by atoms with van der Waals surface area (Å²) in [5, 5.41) is 6.66. The molecule has 0 aromatic carbocycles. The van der Waals surface area contributed by atoms with Crippen molar-refractivity contribution in [3.05, 3.63) is 30.0 Å². The molecule has 4 heteroatoms. The predicted octanol–water partition coefficient (Wildman–Crippen LogP) is 2.20. The van der Waals surface area contributed by atoms with Gasteiger partial charge in [-0.15, -0.1) is 0 Å². The monoisotopic (exact) mass is 247 g/mol. The number of nitrogens with zero attached hydrogens (tertiary/aromatic N) is 1. The molecule has 0 atom stereocenters. The molecule has 18 heavy (non-hydrogen) atoms. The van der Waals surface area contributed by atoms with Crippen LogP contribution in [0.1, 0.15) is 20.3 Å². The predicted molar refractivity (Wildman–Crippen MR) is 74.1 cm³/mol. The summed E-state index contributed by atoms with van der Waals surface area (Å²) < 4.78 is 5.73. The Bertz CT molecular complexity index is 415. The third-order valence-corrected chi connectivity index (χ3v) is 2.77. The van der Waals surface area contributed by atoms with Crippen LogP contribution in [0.5, 0.6) is 5.75 Å². The molecule has 1 aromatic heterocycles. The van der Waals surface area contributed by atoms with Crippen LogP contribution in [0.4, 0.5) is 5.82 Å². The maximum atomic E-state index is 5.73. The molecule has 4 nitrogen and oxygen atoms in total. The zero-order valence-corrected chi connectivity index (χ0v) is 11.1. The molecule has 98 valence electrons. The lowest BCUT2D eigenvalue weighted by atomic mass is 10.1. The van der Waals surface area contributed by atoms with Gasteiger partial charge in [-0.2, -0.15) is 0 Å². The molecule has 0 saturated heterocycles. The van der Waals surface area contributed by atoms with E-state index in [1.54, 1.807) is 6.20 Å². The average molecular weight is 247 g/mol. The average Bonchev–Trinajstić information content (AvgIpc) is 2.38. The number of anilines is 1. The van der Waals surface area contributed by atoms with Crippen LogP contribution < -0.4 is 15.4 Å². The van der Waals surface area contributed by atoms with Crippen molar-refractivity contribution in [3.8, 4) is 5.75 Å². The summed E-state index contributed by atoms with van der Waals surface area (Å²) in [4.78, 5) is 4.34. The maximum absolute atomic E-state index is 5.73. The van der Waals surface area contributed by atoms with E-state index in [1.807, 2.05) is 26.0 Å². The minimum atomic E-state index is 0.160. The SMILES string of the molecule is CC(C)Oc1cccnc1NCC1=CCNCC1. The Labute approximate surface area is 108 Å². The summed E-state index contributed by atoms with van der Waals surface area (Å²) in [7, 11) is 0. The summed E-state index contributed by atoms with van der Waals surface area (Å²) >= 11 is 0. The van der Waals surface area contributed by atoms with Crippen LogP contribution >= 0.6 is 0 Å². The van der Waals surface area contributed by atoms with Crippen molar-refractivity contribution in [1.29, 1.82) is 0 Å². The topological polar surface area (TPSA) is 46.2 Å². The molecule has 0 saturated carbocycles. The fraction of sp³-hybridized carbons (Fsp3) is 0.500. The van der Waals surface area contributed by atoms with Gasteiger partial charge >= 0.3 is 0 Å². The minimum Gasteiger partial charge on any atom is -0.487 e. The molecule has 0 fully saturated rings. The van der Waals surface area contributed by atoms with Crippen LogP contribution in [0.15, 0.2) is 30.0 Å². The molecule has 0 spiro atoms. The second-order valence-corrected chi connectivity index (χ2v) is 4.69. The van der Waals surface area contributed by atoms with E-state index in [2.05, 4.69) is 21.7 Å². The first-order valence-electron chi connectivity index (χ1n) is 6.50. The van der Waals surface area contributed by atoms with Gasteiger partial charge in [0, 0.05) is 19.3 Å². The highest BCUT2D eigenvalue weighted by Crippen LogP contribution is 2.22. The van der Waals surface area contributed by atoms with Crippen LogP contribution in [0.3, 0.4) is 0 Å². The van der Waals surface area contributed by atoms with E-state index < -0.39 is 0 Å². The van der Waals surface area contributed by atoms with Gasteiger partial charge in [-0.3, -0.25) is 0 Å². The number of pyridine rings is 1. The van der Waals surface area contributed by atoms with E-state index in [4.69, 9.17) is 4.74 Å². The van der Waals surface area contributed by atoms with Crippen LogP contribution in [-0.2, 0) is 0 Å². The van der Waals surface area contributed by atoms with Gasteiger partial charge in [0.05, 0.1) is 6.10 Å². The summed E-state index contributed by atoms with van der Waals surface area (Å²) in [6, 6.07) is 3.85. The zero-order valence-electron chi connectivity index (χ0n) is 11.1. The Morgan fingerprint density at radius 1 is 1.50 bits per heavy atom. The molecule has 2 N–H and O–H groups in total. The number of hydrogen-bond donors (Lipinski definition) is 2. The van der Waals surface area contributed by atoms with Gasteiger partial charge in [0.1, 0.15) is 0 Å². The quantitative estimate of drug-likeness (QED) is 0.783. The molecule has 0 amide bonds. The van der Waals surface area contributed by atoms with Gasteiger partial charge in [-0.25, -0.2) is 4.98 Å². The molecule has 0 bridgehead atoms. The first-order chi connectivity index (χ1) is 8.75. The molecule has 1 aromatic rings. The van der Waals surface area contributed by atoms with Gasteiger partial charge < -0.3 is 15.4 Å². The number of nitrogens with one attached hydrogen (secondary N) is 2. The van der Waals surface area contributed by atoms with E-state index >= 15 is 0 Å². The Balaban J connectivity index is 1.97. The third-order valence-electron chi connectivity index (χ3n) is 2.77. The van der Waals surface area contributed by atoms with Crippen LogP contribution in [0.2, 0.25) is 0 Å². The third kappa shape index (κ3) is 3.74. The van der Waals surface area contributed by atoms with Crippen molar-refractivity contribution in [2.24, 2.45) is 0 Å². The molecule has 2 heterocycles. The molecule has 1 aliphatic heterocycles. The van der Waals surface area contributed by atoms with Gasteiger partial charge in [0.25, 0.3) is 0 Å². The van der Waals surface area contributed by atoms with Crippen LogP contribution in [-0.4, -0.2) is 30.7 Å². The molecule has 1 aliphatic rings. The summed E-state index contributed by atoms with van der Waals surface area (Å²) in [6.45, 7) is 6.91. The molecule has 0 aliphatic carbocycles. The highest BCUT2D eigenvalue weighted by Gasteiger charge is 2.08. The summed E-state index contributed by atoms with van der Waals surface area (Å²) in [5.74, 6) is 1.65. The van der Waals surface area contributed by atoms with E-state index in [0.717, 1.165) is 37.6 Å². The molecular weight excluding hydrogens is 226 g/mol.